The van der Waals surface area contributed by atoms with Crippen molar-refractivity contribution in [2.45, 2.75) is 0 Å². The van der Waals surface area contributed by atoms with Crippen LogP contribution in [0.5, 0.6) is 0 Å². The second-order valence-corrected chi connectivity index (χ2v) is 2.45. The zero-order valence-electron chi connectivity index (χ0n) is 6.16. The van der Waals surface area contributed by atoms with E-state index in [1.54, 1.807) is 6.20 Å². The maximum atomic E-state index is 10.7. The van der Waals surface area contributed by atoms with Gasteiger partial charge in [0.05, 0.1) is 24.2 Å². The number of hydrogen-bond acceptors (Lipinski definition) is 4. The Morgan fingerprint density at radius 3 is 3.08 bits per heavy atom. The van der Waals surface area contributed by atoms with Gasteiger partial charge in [-0.2, -0.15) is 0 Å². The molecule has 12 heavy (non-hydrogen) atoms. The Morgan fingerprint density at radius 1 is 1.50 bits per heavy atom. The molecular formula is C7H7N3O2. The molecule has 1 aromatic rings. The Morgan fingerprint density at radius 2 is 2.33 bits per heavy atom. The largest absolute Gasteiger partial charge is 0.478 e. The topological polar surface area (TPSA) is 74.2 Å². The number of aromatic nitrogens is 1. The summed E-state index contributed by atoms with van der Waals surface area (Å²) in [6.45, 7) is 0.557. The first-order valence-corrected chi connectivity index (χ1v) is 3.48. The molecule has 1 aliphatic heterocycles. The summed E-state index contributed by atoms with van der Waals surface area (Å²) in [5.41, 5.74) is 1.57. The quantitative estimate of drug-likeness (QED) is 0.567. The highest BCUT2D eigenvalue weighted by atomic mass is 16.4. The van der Waals surface area contributed by atoms with E-state index in [9.17, 15) is 4.79 Å². The van der Waals surface area contributed by atoms with E-state index >= 15 is 0 Å². The molecule has 0 saturated carbocycles. The van der Waals surface area contributed by atoms with Crippen LogP contribution in [0.3, 0.4) is 0 Å². The molecule has 0 fully saturated rings. The van der Waals surface area contributed by atoms with E-state index in [-0.39, 0.29) is 5.56 Å². The fraction of sp³-hybridized carbons (Fsp3) is 0.143. The molecule has 1 aromatic heterocycles. The van der Waals surface area contributed by atoms with Crippen LogP contribution in [0.4, 0.5) is 11.4 Å². The number of aromatic carboxylic acids is 1. The number of rotatable bonds is 1. The number of nitrogens with zero attached hydrogens (tertiary/aromatic N) is 1. The smallest absolute Gasteiger partial charge is 0.339 e. The maximum absolute atomic E-state index is 10.7. The maximum Gasteiger partial charge on any atom is 0.339 e. The number of hydrogen-bond donors (Lipinski definition) is 3. The Bertz CT molecular complexity index is 337. The van der Waals surface area contributed by atoms with Crippen molar-refractivity contribution in [2.24, 2.45) is 0 Å². The van der Waals surface area contributed by atoms with Gasteiger partial charge in [0.15, 0.2) is 0 Å². The third kappa shape index (κ3) is 0.868. The fourth-order valence-corrected chi connectivity index (χ4v) is 1.17. The Balaban J connectivity index is 2.56. The lowest BCUT2D eigenvalue weighted by Gasteiger charge is -2.00. The van der Waals surface area contributed by atoms with Gasteiger partial charge in [0.25, 0.3) is 0 Å². The first-order chi connectivity index (χ1) is 5.79. The lowest BCUT2D eigenvalue weighted by atomic mass is 10.2. The van der Waals surface area contributed by atoms with E-state index in [1.807, 2.05) is 0 Å². The molecular weight excluding hydrogens is 158 g/mol. The van der Waals surface area contributed by atoms with Gasteiger partial charge in [-0.05, 0) is 0 Å². The average Bonchev–Trinajstić information content (AvgIpc) is 2.49. The Labute approximate surface area is 68.4 Å². The van der Waals surface area contributed by atoms with Crippen LogP contribution >= 0.6 is 0 Å². The van der Waals surface area contributed by atoms with Gasteiger partial charge in [-0.1, -0.05) is 0 Å². The lowest BCUT2D eigenvalue weighted by molar-refractivity contribution is 0.0697. The second-order valence-electron chi connectivity index (χ2n) is 2.45. The van der Waals surface area contributed by atoms with E-state index in [4.69, 9.17) is 5.11 Å². The zero-order chi connectivity index (χ0) is 8.55. The second kappa shape index (κ2) is 2.37. The highest BCUT2D eigenvalue weighted by molar-refractivity contribution is 5.98. The van der Waals surface area contributed by atoms with Crippen molar-refractivity contribution < 1.29 is 9.90 Å². The first kappa shape index (κ1) is 6.90. The normalized spacial score (nSPS) is 13.0. The van der Waals surface area contributed by atoms with Crippen LogP contribution in [0.2, 0.25) is 0 Å². The molecule has 0 amide bonds. The molecule has 0 unspecified atom stereocenters. The molecule has 5 heteroatoms. The van der Waals surface area contributed by atoms with Crippen molar-refractivity contribution >= 4 is 17.3 Å². The number of anilines is 2. The monoisotopic (exact) mass is 165 g/mol. The highest BCUT2D eigenvalue weighted by Crippen LogP contribution is 2.28. The summed E-state index contributed by atoms with van der Waals surface area (Å²) in [6, 6.07) is 0. The molecule has 2 rings (SSSR count). The fourth-order valence-electron chi connectivity index (χ4n) is 1.17. The first-order valence-electron chi connectivity index (χ1n) is 3.48. The molecule has 5 nitrogen and oxygen atoms in total. The van der Waals surface area contributed by atoms with Crippen LogP contribution in [0.25, 0.3) is 0 Å². The van der Waals surface area contributed by atoms with Gasteiger partial charge in [-0.15, -0.1) is 0 Å². The van der Waals surface area contributed by atoms with E-state index in [2.05, 4.69) is 15.6 Å². The van der Waals surface area contributed by atoms with Crippen molar-refractivity contribution in [3.63, 3.8) is 0 Å². The Kier molecular flexibility index (Phi) is 1.36. The van der Waals surface area contributed by atoms with E-state index in [0.717, 1.165) is 5.69 Å². The van der Waals surface area contributed by atoms with Crippen LogP contribution in [-0.2, 0) is 0 Å². The van der Waals surface area contributed by atoms with Gasteiger partial charge >= 0.3 is 5.97 Å². The summed E-state index contributed by atoms with van der Waals surface area (Å²) in [5.74, 6) is -0.962. The molecule has 0 aliphatic carbocycles. The molecule has 1 aliphatic rings. The molecule has 0 atom stereocenters. The number of nitrogens with one attached hydrogen (secondary N) is 2. The van der Waals surface area contributed by atoms with Crippen molar-refractivity contribution in [1.82, 2.24) is 4.98 Å². The third-order valence-corrected chi connectivity index (χ3v) is 1.72. The van der Waals surface area contributed by atoms with Gasteiger partial charge in [0, 0.05) is 6.20 Å². The molecule has 0 aromatic carbocycles. The number of carbonyl (C=O) groups is 1. The van der Waals surface area contributed by atoms with Crippen molar-refractivity contribution in [3.8, 4) is 0 Å². The zero-order valence-corrected chi connectivity index (χ0v) is 6.16. The molecule has 62 valence electrons. The molecule has 3 N–H and O–H groups in total. The molecule has 0 spiro atoms. The van der Waals surface area contributed by atoms with E-state index < -0.39 is 5.97 Å². The Hall–Kier alpha value is -1.78. The summed E-state index contributed by atoms with van der Waals surface area (Å²) in [5, 5.41) is 14.6. The minimum atomic E-state index is -0.962. The van der Waals surface area contributed by atoms with Crippen molar-refractivity contribution in [3.05, 3.63) is 18.0 Å². The summed E-state index contributed by atoms with van der Waals surface area (Å²) in [7, 11) is 0. The van der Waals surface area contributed by atoms with Crippen LogP contribution in [-0.4, -0.2) is 22.7 Å². The average molecular weight is 165 g/mol. The number of fused-ring (bicyclic) bond motifs is 1. The highest BCUT2D eigenvalue weighted by Gasteiger charge is 2.17. The summed E-state index contributed by atoms with van der Waals surface area (Å²) < 4.78 is 0. The standard InChI is InChI=1S/C7H7N3O2/c11-7(12)4-1-8-2-5-6(4)10-3-9-5/h1-2,9-10H,3H2,(H,11,12). The van der Waals surface area contributed by atoms with Gasteiger partial charge in [0.1, 0.15) is 5.56 Å². The third-order valence-electron chi connectivity index (χ3n) is 1.72. The number of pyridine rings is 1. The van der Waals surface area contributed by atoms with Crippen LogP contribution in [0.1, 0.15) is 10.4 Å². The minimum absolute atomic E-state index is 0.206. The van der Waals surface area contributed by atoms with Gasteiger partial charge in [0.2, 0.25) is 0 Å². The van der Waals surface area contributed by atoms with Crippen molar-refractivity contribution in [2.75, 3.05) is 17.3 Å². The van der Waals surface area contributed by atoms with E-state index in [1.165, 1.54) is 6.20 Å². The minimum Gasteiger partial charge on any atom is -0.478 e. The molecule has 2 heterocycles. The summed E-state index contributed by atoms with van der Waals surface area (Å²) in [4.78, 5) is 14.4. The van der Waals surface area contributed by atoms with Gasteiger partial charge < -0.3 is 15.7 Å². The van der Waals surface area contributed by atoms with Crippen LogP contribution in [0, 0.1) is 0 Å². The van der Waals surface area contributed by atoms with Crippen LogP contribution < -0.4 is 10.6 Å². The molecule has 0 bridgehead atoms. The van der Waals surface area contributed by atoms with Crippen molar-refractivity contribution in [1.29, 1.82) is 0 Å². The van der Waals surface area contributed by atoms with Crippen LogP contribution in [0.15, 0.2) is 12.4 Å². The SMILES string of the molecule is O=C(O)c1cncc2c1NCN2. The lowest BCUT2D eigenvalue weighted by Crippen LogP contribution is -2.03. The molecule has 0 radical (unpaired) electrons. The predicted octanol–water partition coefficient (Wildman–Crippen LogP) is 0.575. The molecule has 0 saturated heterocycles. The summed E-state index contributed by atoms with van der Waals surface area (Å²) >= 11 is 0. The van der Waals surface area contributed by atoms with Gasteiger partial charge in [-0.3, -0.25) is 4.98 Å². The number of carboxylic acids is 1. The number of carboxylic acid groups (broad SMARTS) is 1. The van der Waals surface area contributed by atoms with E-state index in [0.29, 0.717) is 12.4 Å². The predicted molar refractivity (Wildman–Crippen MR) is 43.3 cm³/mol. The summed E-state index contributed by atoms with van der Waals surface area (Å²) in [6.07, 6.45) is 2.93. The van der Waals surface area contributed by atoms with Gasteiger partial charge in [-0.25, -0.2) is 4.79 Å².